The van der Waals surface area contributed by atoms with E-state index < -0.39 is 0 Å². The largest absolute Gasteiger partial charge is 0.378 e. The van der Waals surface area contributed by atoms with E-state index in [4.69, 9.17) is 4.74 Å². The van der Waals surface area contributed by atoms with Gasteiger partial charge in [0, 0.05) is 44.0 Å². The molecule has 1 aromatic rings. The predicted octanol–water partition coefficient (Wildman–Crippen LogP) is 0.761. The molecule has 1 aliphatic heterocycles. The number of aromatic nitrogens is 2. The number of ether oxygens (including phenoxy) is 1. The SMILES string of the molecule is CCc1nsc(NCCC(=O)N2CCOCC2)n1. The van der Waals surface area contributed by atoms with Crippen molar-refractivity contribution in [3.05, 3.63) is 5.82 Å². The van der Waals surface area contributed by atoms with Crippen LogP contribution in [0.3, 0.4) is 0 Å². The predicted molar refractivity (Wildman–Crippen MR) is 69.8 cm³/mol. The van der Waals surface area contributed by atoms with Crippen LogP contribution in [0.1, 0.15) is 19.2 Å². The van der Waals surface area contributed by atoms with Gasteiger partial charge in [0.1, 0.15) is 5.82 Å². The smallest absolute Gasteiger partial charge is 0.224 e. The number of nitrogens with zero attached hydrogens (tertiary/aromatic N) is 3. The summed E-state index contributed by atoms with van der Waals surface area (Å²) < 4.78 is 9.39. The fourth-order valence-corrected chi connectivity index (χ4v) is 2.39. The standard InChI is InChI=1S/C11H18N4O2S/c1-2-9-13-11(18-14-9)12-4-3-10(16)15-5-7-17-8-6-15/h2-8H2,1H3,(H,12,13,14). The van der Waals surface area contributed by atoms with Crippen LogP contribution in [-0.4, -0.2) is 53.0 Å². The maximum atomic E-state index is 11.8. The van der Waals surface area contributed by atoms with Gasteiger partial charge in [0.15, 0.2) is 0 Å². The molecule has 0 radical (unpaired) electrons. The second kappa shape index (κ2) is 6.65. The monoisotopic (exact) mass is 270 g/mol. The summed E-state index contributed by atoms with van der Waals surface area (Å²) in [5, 5.41) is 3.93. The zero-order valence-electron chi connectivity index (χ0n) is 10.5. The number of hydrogen-bond donors (Lipinski definition) is 1. The van der Waals surface area contributed by atoms with Gasteiger partial charge in [0.05, 0.1) is 13.2 Å². The zero-order valence-corrected chi connectivity index (χ0v) is 11.3. The lowest BCUT2D eigenvalue weighted by atomic mass is 10.3. The topological polar surface area (TPSA) is 67.4 Å². The summed E-state index contributed by atoms with van der Waals surface area (Å²) in [5.74, 6) is 1.02. The van der Waals surface area contributed by atoms with Crippen molar-refractivity contribution in [3.8, 4) is 0 Å². The number of carbonyl (C=O) groups is 1. The van der Waals surface area contributed by atoms with Crippen LogP contribution in [0.15, 0.2) is 0 Å². The number of rotatable bonds is 5. The highest BCUT2D eigenvalue weighted by Crippen LogP contribution is 2.11. The van der Waals surface area contributed by atoms with Gasteiger partial charge in [0.2, 0.25) is 11.0 Å². The van der Waals surface area contributed by atoms with Crippen LogP contribution in [-0.2, 0) is 16.0 Å². The first kappa shape index (κ1) is 13.2. The molecule has 2 heterocycles. The van der Waals surface area contributed by atoms with Gasteiger partial charge in [-0.05, 0) is 0 Å². The number of nitrogens with one attached hydrogen (secondary N) is 1. The van der Waals surface area contributed by atoms with E-state index in [1.54, 1.807) is 0 Å². The summed E-state index contributed by atoms with van der Waals surface area (Å²) in [6, 6.07) is 0. The fraction of sp³-hybridized carbons (Fsp3) is 0.727. The Morgan fingerprint density at radius 3 is 2.94 bits per heavy atom. The Kier molecular flexibility index (Phi) is 4.89. The first-order valence-electron chi connectivity index (χ1n) is 6.21. The molecular weight excluding hydrogens is 252 g/mol. The molecule has 1 saturated heterocycles. The minimum Gasteiger partial charge on any atom is -0.378 e. The number of carbonyl (C=O) groups excluding carboxylic acids is 1. The van der Waals surface area contributed by atoms with Gasteiger partial charge < -0.3 is 15.0 Å². The normalized spacial score (nSPS) is 15.7. The summed E-state index contributed by atoms with van der Waals surface area (Å²) in [7, 11) is 0. The van der Waals surface area contributed by atoms with E-state index in [9.17, 15) is 4.79 Å². The number of amides is 1. The molecule has 18 heavy (non-hydrogen) atoms. The summed E-state index contributed by atoms with van der Waals surface area (Å²) in [6.07, 6.45) is 1.33. The summed E-state index contributed by atoms with van der Waals surface area (Å²) >= 11 is 1.34. The van der Waals surface area contributed by atoms with Crippen LogP contribution in [0.5, 0.6) is 0 Å². The van der Waals surface area contributed by atoms with Crippen LogP contribution >= 0.6 is 11.5 Å². The Morgan fingerprint density at radius 2 is 2.28 bits per heavy atom. The molecule has 0 atom stereocenters. The van der Waals surface area contributed by atoms with Crippen LogP contribution in [0.4, 0.5) is 5.13 Å². The minimum atomic E-state index is 0.172. The average Bonchev–Trinajstić information content (AvgIpc) is 2.87. The summed E-state index contributed by atoms with van der Waals surface area (Å²) in [6.45, 7) is 5.34. The third kappa shape index (κ3) is 3.64. The Balaban J connectivity index is 1.69. The first-order chi connectivity index (χ1) is 8.79. The third-order valence-electron chi connectivity index (χ3n) is 2.76. The van der Waals surface area contributed by atoms with Crippen LogP contribution in [0.25, 0.3) is 0 Å². The molecule has 7 heteroatoms. The zero-order chi connectivity index (χ0) is 12.8. The maximum Gasteiger partial charge on any atom is 0.224 e. The highest BCUT2D eigenvalue weighted by atomic mass is 32.1. The van der Waals surface area contributed by atoms with E-state index in [1.807, 2.05) is 11.8 Å². The lowest BCUT2D eigenvalue weighted by Crippen LogP contribution is -2.41. The van der Waals surface area contributed by atoms with E-state index in [-0.39, 0.29) is 5.91 Å². The van der Waals surface area contributed by atoms with Crippen LogP contribution in [0.2, 0.25) is 0 Å². The second-order valence-electron chi connectivity index (χ2n) is 4.04. The molecule has 0 aliphatic carbocycles. The van der Waals surface area contributed by atoms with E-state index >= 15 is 0 Å². The van der Waals surface area contributed by atoms with Crippen LogP contribution in [0, 0.1) is 0 Å². The quantitative estimate of drug-likeness (QED) is 0.855. The van der Waals surface area contributed by atoms with E-state index in [0.29, 0.717) is 39.3 Å². The van der Waals surface area contributed by atoms with Gasteiger partial charge in [-0.1, -0.05) is 6.92 Å². The number of anilines is 1. The van der Waals surface area contributed by atoms with Crippen molar-refractivity contribution in [3.63, 3.8) is 0 Å². The molecular formula is C11H18N4O2S. The van der Waals surface area contributed by atoms with Gasteiger partial charge in [-0.2, -0.15) is 4.37 Å². The molecule has 2 rings (SSSR count). The van der Waals surface area contributed by atoms with Gasteiger partial charge in [-0.25, -0.2) is 4.98 Å². The molecule has 0 unspecified atom stereocenters. The summed E-state index contributed by atoms with van der Waals surface area (Å²) in [4.78, 5) is 18.0. The molecule has 100 valence electrons. The first-order valence-corrected chi connectivity index (χ1v) is 6.99. The van der Waals surface area contributed by atoms with E-state index in [0.717, 1.165) is 17.4 Å². The molecule has 0 bridgehead atoms. The lowest BCUT2D eigenvalue weighted by Gasteiger charge is -2.26. The van der Waals surface area contributed by atoms with Gasteiger partial charge in [-0.15, -0.1) is 0 Å². The van der Waals surface area contributed by atoms with Crippen molar-refractivity contribution < 1.29 is 9.53 Å². The molecule has 1 amide bonds. The second-order valence-corrected chi connectivity index (χ2v) is 4.79. The molecule has 0 saturated carbocycles. The van der Waals surface area contributed by atoms with E-state index in [1.165, 1.54) is 11.5 Å². The Morgan fingerprint density at radius 1 is 1.50 bits per heavy atom. The number of aryl methyl sites for hydroxylation is 1. The fourth-order valence-electron chi connectivity index (χ4n) is 1.72. The van der Waals surface area contributed by atoms with Gasteiger partial charge >= 0.3 is 0 Å². The van der Waals surface area contributed by atoms with Crippen molar-refractivity contribution in [2.24, 2.45) is 0 Å². The van der Waals surface area contributed by atoms with Crippen molar-refractivity contribution in [1.82, 2.24) is 14.3 Å². The molecule has 1 aromatic heterocycles. The molecule has 1 N–H and O–H groups in total. The number of morpholine rings is 1. The highest BCUT2D eigenvalue weighted by Gasteiger charge is 2.16. The van der Waals surface area contributed by atoms with Gasteiger partial charge in [0.25, 0.3) is 0 Å². The number of hydrogen-bond acceptors (Lipinski definition) is 6. The van der Waals surface area contributed by atoms with Crippen molar-refractivity contribution in [2.45, 2.75) is 19.8 Å². The maximum absolute atomic E-state index is 11.8. The average molecular weight is 270 g/mol. The van der Waals surface area contributed by atoms with Crippen LogP contribution < -0.4 is 5.32 Å². The van der Waals surface area contributed by atoms with E-state index in [2.05, 4.69) is 14.7 Å². The highest BCUT2D eigenvalue weighted by molar-refractivity contribution is 7.09. The Hall–Kier alpha value is -1.21. The van der Waals surface area contributed by atoms with Gasteiger partial charge in [-0.3, -0.25) is 4.79 Å². The van der Waals surface area contributed by atoms with Crippen molar-refractivity contribution >= 4 is 22.6 Å². The lowest BCUT2D eigenvalue weighted by molar-refractivity contribution is -0.134. The summed E-state index contributed by atoms with van der Waals surface area (Å²) in [5.41, 5.74) is 0. The minimum absolute atomic E-state index is 0.172. The van der Waals surface area contributed by atoms with Crippen molar-refractivity contribution in [2.75, 3.05) is 38.2 Å². The molecule has 1 fully saturated rings. The molecule has 6 nitrogen and oxygen atoms in total. The Labute approximate surface area is 111 Å². The third-order valence-corrected chi connectivity index (χ3v) is 3.47. The molecule has 0 aromatic carbocycles. The van der Waals surface area contributed by atoms with Crippen molar-refractivity contribution in [1.29, 1.82) is 0 Å². The molecule has 0 spiro atoms. The molecule has 1 aliphatic rings. The Bertz CT molecular complexity index is 390.